The molecule has 1 aromatic rings. The summed E-state index contributed by atoms with van der Waals surface area (Å²) in [6, 6.07) is 5.22. The minimum atomic E-state index is -0.0997. The second-order valence-corrected chi connectivity index (χ2v) is 6.54. The fraction of sp³-hybridized carbons (Fsp3) is 0.611. The third kappa shape index (κ3) is 6.80. The summed E-state index contributed by atoms with van der Waals surface area (Å²) in [7, 11) is 3.26. The van der Waals surface area contributed by atoms with E-state index in [1.54, 1.807) is 24.1 Å². The molecule has 0 aromatic heterocycles. The largest absolute Gasteiger partial charge is 0.504 e. The van der Waals surface area contributed by atoms with E-state index in [9.17, 15) is 9.90 Å². The van der Waals surface area contributed by atoms with E-state index < -0.39 is 0 Å². The van der Waals surface area contributed by atoms with Gasteiger partial charge in [0.05, 0.1) is 7.11 Å². The highest BCUT2D eigenvalue weighted by Gasteiger charge is 2.13. The monoisotopic (exact) mass is 322 g/mol. The van der Waals surface area contributed by atoms with Gasteiger partial charge in [0.2, 0.25) is 0 Å². The van der Waals surface area contributed by atoms with Crippen molar-refractivity contribution in [3.8, 4) is 11.5 Å². The summed E-state index contributed by atoms with van der Waals surface area (Å²) in [6.45, 7) is 6.88. The number of urea groups is 1. The van der Waals surface area contributed by atoms with Gasteiger partial charge in [0.25, 0.3) is 0 Å². The zero-order valence-corrected chi connectivity index (χ0v) is 14.9. The first-order chi connectivity index (χ1) is 10.8. The third-order valence-corrected chi connectivity index (χ3v) is 3.80. The highest BCUT2D eigenvalue weighted by atomic mass is 16.5. The van der Waals surface area contributed by atoms with Crippen LogP contribution in [-0.4, -0.2) is 36.2 Å². The van der Waals surface area contributed by atoms with Crippen LogP contribution in [0.1, 0.15) is 45.6 Å². The van der Waals surface area contributed by atoms with Gasteiger partial charge in [-0.1, -0.05) is 32.8 Å². The van der Waals surface area contributed by atoms with Crippen molar-refractivity contribution in [1.29, 1.82) is 0 Å². The van der Waals surface area contributed by atoms with Crippen LogP contribution in [0.2, 0.25) is 0 Å². The quantitative estimate of drug-likeness (QED) is 0.766. The molecule has 0 aliphatic heterocycles. The van der Waals surface area contributed by atoms with Crippen molar-refractivity contribution in [3.63, 3.8) is 0 Å². The molecule has 0 aliphatic rings. The van der Waals surface area contributed by atoms with Gasteiger partial charge in [-0.2, -0.15) is 0 Å². The standard InChI is InChI=1S/C18H30N2O3/c1-13(2)7-6-8-14(3)19-18(22)20(4)12-15-9-10-17(23-5)16(21)11-15/h9-11,13-14,21H,6-8,12H2,1-5H3,(H,19,22). The van der Waals surface area contributed by atoms with Crippen LogP contribution < -0.4 is 10.1 Å². The number of amides is 2. The van der Waals surface area contributed by atoms with E-state index in [2.05, 4.69) is 19.2 Å². The van der Waals surface area contributed by atoms with Crippen LogP contribution in [0.4, 0.5) is 4.79 Å². The molecule has 1 aromatic carbocycles. The smallest absolute Gasteiger partial charge is 0.317 e. The summed E-state index contributed by atoms with van der Waals surface area (Å²) in [5, 5.41) is 12.8. The number of hydrogen-bond acceptors (Lipinski definition) is 3. The van der Waals surface area contributed by atoms with Crippen molar-refractivity contribution >= 4 is 6.03 Å². The van der Waals surface area contributed by atoms with Crippen LogP contribution in [0.15, 0.2) is 18.2 Å². The van der Waals surface area contributed by atoms with Crippen LogP contribution in [0, 0.1) is 5.92 Å². The predicted molar refractivity (Wildman–Crippen MR) is 92.8 cm³/mol. The molecule has 1 atom stereocenters. The lowest BCUT2D eigenvalue weighted by molar-refractivity contribution is 0.202. The fourth-order valence-electron chi connectivity index (χ4n) is 2.41. The molecule has 0 radical (unpaired) electrons. The number of hydrogen-bond donors (Lipinski definition) is 2. The van der Waals surface area contributed by atoms with E-state index in [1.807, 2.05) is 13.0 Å². The summed E-state index contributed by atoms with van der Waals surface area (Å²) < 4.78 is 5.02. The number of aromatic hydroxyl groups is 1. The van der Waals surface area contributed by atoms with Gasteiger partial charge in [-0.05, 0) is 37.0 Å². The van der Waals surface area contributed by atoms with Crippen molar-refractivity contribution in [1.82, 2.24) is 10.2 Å². The molecule has 23 heavy (non-hydrogen) atoms. The van der Waals surface area contributed by atoms with Crippen molar-refractivity contribution in [2.45, 2.75) is 52.6 Å². The number of nitrogens with one attached hydrogen (secondary N) is 1. The van der Waals surface area contributed by atoms with Crippen LogP contribution >= 0.6 is 0 Å². The van der Waals surface area contributed by atoms with E-state index >= 15 is 0 Å². The number of phenolic OH excluding ortho intramolecular Hbond substituents is 1. The number of rotatable bonds is 8. The molecular formula is C18H30N2O3. The Hall–Kier alpha value is -1.91. The van der Waals surface area contributed by atoms with Crippen LogP contribution in [-0.2, 0) is 6.54 Å². The van der Waals surface area contributed by atoms with Gasteiger partial charge < -0.3 is 20.1 Å². The topological polar surface area (TPSA) is 61.8 Å². The van der Waals surface area contributed by atoms with E-state index in [-0.39, 0.29) is 17.8 Å². The second kappa shape index (κ2) is 9.28. The Bertz CT molecular complexity index is 503. The number of carbonyl (C=O) groups is 1. The Morgan fingerprint density at radius 1 is 1.30 bits per heavy atom. The SMILES string of the molecule is COc1ccc(CN(C)C(=O)NC(C)CCCC(C)C)cc1O. The molecule has 0 spiro atoms. The normalized spacial score (nSPS) is 12.1. The Labute approximate surface area is 139 Å². The lowest BCUT2D eigenvalue weighted by atomic mass is 10.0. The molecule has 1 unspecified atom stereocenters. The van der Waals surface area contributed by atoms with Crippen molar-refractivity contribution < 1.29 is 14.6 Å². The summed E-state index contributed by atoms with van der Waals surface area (Å²) in [5.41, 5.74) is 0.855. The fourth-order valence-corrected chi connectivity index (χ4v) is 2.41. The molecule has 0 heterocycles. The van der Waals surface area contributed by atoms with Crippen LogP contribution in [0.5, 0.6) is 11.5 Å². The molecule has 0 saturated heterocycles. The van der Waals surface area contributed by atoms with Crippen molar-refractivity contribution in [2.24, 2.45) is 5.92 Å². The number of phenols is 1. The first-order valence-corrected chi connectivity index (χ1v) is 8.21. The number of benzene rings is 1. The van der Waals surface area contributed by atoms with Gasteiger partial charge in [0.15, 0.2) is 11.5 Å². The molecular weight excluding hydrogens is 292 g/mol. The molecule has 0 saturated carbocycles. The zero-order valence-electron chi connectivity index (χ0n) is 14.9. The minimum absolute atomic E-state index is 0.0841. The summed E-state index contributed by atoms with van der Waals surface area (Å²) in [5.74, 6) is 1.21. The molecule has 1 rings (SSSR count). The van der Waals surface area contributed by atoms with E-state index in [1.165, 1.54) is 13.5 Å². The maximum atomic E-state index is 12.2. The molecule has 0 bridgehead atoms. The van der Waals surface area contributed by atoms with Crippen molar-refractivity contribution in [3.05, 3.63) is 23.8 Å². The summed E-state index contributed by atoms with van der Waals surface area (Å²) in [4.78, 5) is 13.8. The maximum absolute atomic E-state index is 12.2. The van der Waals surface area contributed by atoms with Gasteiger partial charge in [-0.15, -0.1) is 0 Å². The highest BCUT2D eigenvalue weighted by Crippen LogP contribution is 2.26. The second-order valence-electron chi connectivity index (χ2n) is 6.54. The van der Waals surface area contributed by atoms with Crippen LogP contribution in [0.25, 0.3) is 0 Å². The maximum Gasteiger partial charge on any atom is 0.317 e. The lowest BCUT2D eigenvalue weighted by Crippen LogP contribution is -2.41. The van der Waals surface area contributed by atoms with Crippen molar-refractivity contribution in [2.75, 3.05) is 14.2 Å². The lowest BCUT2D eigenvalue weighted by Gasteiger charge is -2.22. The molecule has 2 N–H and O–H groups in total. The Kier molecular flexibility index (Phi) is 7.72. The molecule has 5 nitrogen and oxygen atoms in total. The number of carbonyl (C=O) groups excluding carboxylic acids is 1. The number of nitrogens with zero attached hydrogens (tertiary/aromatic N) is 1. The first-order valence-electron chi connectivity index (χ1n) is 8.21. The van der Waals surface area contributed by atoms with Gasteiger partial charge >= 0.3 is 6.03 Å². The summed E-state index contributed by atoms with van der Waals surface area (Å²) >= 11 is 0. The first kappa shape index (κ1) is 19.1. The van der Waals surface area contributed by atoms with Crippen LogP contribution in [0.3, 0.4) is 0 Å². The van der Waals surface area contributed by atoms with Gasteiger partial charge in [-0.25, -0.2) is 4.79 Å². The van der Waals surface area contributed by atoms with Gasteiger partial charge in [0.1, 0.15) is 0 Å². The average molecular weight is 322 g/mol. The summed E-state index contributed by atoms with van der Waals surface area (Å²) in [6.07, 6.45) is 3.29. The number of ether oxygens (including phenoxy) is 1. The molecule has 2 amide bonds. The average Bonchev–Trinajstić information content (AvgIpc) is 2.46. The van der Waals surface area contributed by atoms with Gasteiger partial charge in [-0.3, -0.25) is 0 Å². The van der Waals surface area contributed by atoms with E-state index in [0.717, 1.165) is 18.4 Å². The molecule has 5 heteroatoms. The molecule has 0 aliphatic carbocycles. The van der Waals surface area contributed by atoms with Gasteiger partial charge in [0, 0.05) is 19.6 Å². The molecule has 0 fully saturated rings. The third-order valence-electron chi connectivity index (χ3n) is 3.80. The van der Waals surface area contributed by atoms with E-state index in [0.29, 0.717) is 18.2 Å². The minimum Gasteiger partial charge on any atom is -0.504 e. The predicted octanol–water partition coefficient (Wildman–Crippen LogP) is 3.76. The Balaban J connectivity index is 2.45. The molecule has 130 valence electrons. The zero-order chi connectivity index (χ0) is 17.4. The highest BCUT2D eigenvalue weighted by molar-refractivity contribution is 5.74. The Morgan fingerprint density at radius 2 is 2.00 bits per heavy atom. The number of methoxy groups -OCH3 is 1. The van der Waals surface area contributed by atoms with E-state index in [4.69, 9.17) is 4.74 Å². The Morgan fingerprint density at radius 3 is 2.57 bits per heavy atom.